The van der Waals surface area contributed by atoms with Gasteiger partial charge in [-0.05, 0) is 68.4 Å². The number of hydrogen-bond donors (Lipinski definition) is 2. The normalized spacial score (nSPS) is 20.1. The highest BCUT2D eigenvalue weighted by Crippen LogP contribution is 2.42. The van der Waals surface area contributed by atoms with Gasteiger partial charge in [-0.15, -0.1) is 0 Å². The number of rotatable bonds is 6. The van der Waals surface area contributed by atoms with Crippen LogP contribution in [0, 0.1) is 5.82 Å². The topological polar surface area (TPSA) is 104 Å². The molecule has 4 aromatic rings. The first kappa shape index (κ1) is 32.0. The van der Waals surface area contributed by atoms with Gasteiger partial charge in [-0.25, -0.2) is 19.2 Å². The molecule has 13 heteroatoms. The van der Waals surface area contributed by atoms with E-state index in [0.717, 1.165) is 12.8 Å². The standard InChI is InChI=1S/C34H34F4N6O3/c1-21-20-43(17-18-44(21)33(46)41-27-10-6-5-9-26(27)35)28-16-15-25(19-39-28)40-31(45)29-30(34(36,37)38)42-32(47-29)24-13-11-23(12-14-24)22-7-3-2-4-8-22/h2-10,15-16,19,21,23-24H,11-14,17-18,20H2,1H3,(H,40,45)(H,41,46)/t21-,23?,24?/m1/s1. The number of anilines is 3. The van der Waals surface area contributed by atoms with Gasteiger partial charge in [0.2, 0.25) is 5.76 Å². The third-order valence-electron chi connectivity index (χ3n) is 8.80. The molecular formula is C34H34F4N6O3. The molecule has 9 nitrogen and oxygen atoms in total. The summed E-state index contributed by atoms with van der Waals surface area (Å²) >= 11 is 0. The molecule has 3 amide bonds. The molecule has 0 unspecified atom stereocenters. The molecule has 1 atom stereocenters. The minimum Gasteiger partial charge on any atom is -0.435 e. The number of oxazole rings is 1. The molecular weight excluding hydrogens is 616 g/mol. The van der Waals surface area contributed by atoms with Crippen LogP contribution in [0.2, 0.25) is 0 Å². The molecule has 1 aliphatic heterocycles. The molecule has 2 fully saturated rings. The van der Waals surface area contributed by atoms with Crippen LogP contribution in [-0.4, -0.2) is 52.5 Å². The van der Waals surface area contributed by atoms with Crippen molar-refractivity contribution < 1.29 is 31.6 Å². The van der Waals surface area contributed by atoms with E-state index in [9.17, 15) is 27.2 Å². The second kappa shape index (κ2) is 13.4. The quantitative estimate of drug-likeness (QED) is 0.208. The molecule has 0 spiro atoms. The van der Waals surface area contributed by atoms with Gasteiger partial charge in [-0.3, -0.25) is 4.79 Å². The van der Waals surface area contributed by atoms with Gasteiger partial charge in [0.1, 0.15) is 11.6 Å². The molecule has 0 radical (unpaired) electrons. The Morgan fingerprint density at radius 3 is 2.26 bits per heavy atom. The van der Waals surface area contributed by atoms with Crippen molar-refractivity contribution in [3.63, 3.8) is 0 Å². The maximum atomic E-state index is 14.0. The number of piperazine rings is 1. The molecule has 2 aliphatic rings. The largest absolute Gasteiger partial charge is 0.437 e. The zero-order valence-electron chi connectivity index (χ0n) is 25.6. The molecule has 3 heterocycles. The smallest absolute Gasteiger partial charge is 0.435 e. The van der Waals surface area contributed by atoms with E-state index >= 15 is 0 Å². The van der Waals surface area contributed by atoms with E-state index in [0.29, 0.717) is 44.2 Å². The SMILES string of the molecule is C[C@@H]1CN(c2ccc(NC(=O)c3oc(C4CCC(c5ccccc5)CC4)nc3C(F)(F)F)cn2)CCN1C(=O)Nc1ccccc1F. The predicted molar refractivity (Wildman–Crippen MR) is 168 cm³/mol. The van der Waals surface area contributed by atoms with Crippen LogP contribution in [0.1, 0.15) is 72.1 Å². The van der Waals surface area contributed by atoms with E-state index < -0.39 is 35.4 Å². The number of para-hydroxylation sites is 1. The second-order valence-corrected chi connectivity index (χ2v) is 11.9. The number of nitrogens with zero attached hydrogens (tertiary/aromatic N) is 4. The third kappa shape index (κ3) is 7.23. The van der Waals surface area contributed by atoms with E-state index in [1.807, 2.05) is 30.0 Å². The number of carbonyl (C=O) groups excluding carboxylic acids is 2. The van der Waals surface area contributed by atoms with Gasteiger partial charge in [-0.2, -0.15) is 13.2 Å². The van der Waals surface area contributed by atoms with E-state index in [2.05, 4.69) is 32.7 Å². The highest BCUT2D eigenvalue weighted by molar-refractivity contribution is 6.03. The molecule has 1 saturated carbocycles. The summed E-state index contributed by atoms with van der Waals surface area (Å²) < 4.78 is 61.3. The first-order chi connectivity index (χ1) is 22.6. The Morgan fingerprint density at radius 1 is 0.894 bits per heavy atom. The number of benzene rings is 2. The van der Waals surface area contributed by atoms with Gasteiger partial charge in [0.15, 0.2) is 11.6 Å². The van der Waals surface area contributed by atoms with Crippen LogP contribution in [0.3, 0.4) is 0 Å². The lowest BCUT2D eigenvalue weighted by atomic mass is 9.79. The lowest BCUT2D eigenvalue weighted by Gasteiger charge is -2.40. The zero-order valence-corrected chi connectivity index (χ0v) is 25.6. The van der Waals surface area contributed by atoms with Gasteiger partial charge in [0, 0.05) is 31.6 Å². The Hall–Kier alpha value is -4.94. The highest BCUT2D eigenvalue weighted by Gasteiger charge is 2.42. The van der Waals surface area contributed by atoms with Gasteiger partial charge in [0.25, 0.3) is 5.91 Å². The summed E-state index contributed by atoms with van der Waals surface area (Å²) in [6.07, 6.45) is -0.744. The Kier molecular flexibility index (Phi) is 9.15. The first-order valence-corrected chi connectivity index (χ1v) is 15.5. The van der Waals surface area contributed by atoms with Crippen molar-refractivity contribution in [2.75, 3.05) is 35.2 Å². The molecule has 2 aromatic carbocycles. The number of aromatic nitrogens is 2. The number of halogens is 4. The minimum atomic E-state index is -4.87. The Morgan fingerprint density at radius 2 is 1.60 bits per heavy atom. The van der Waals surface area contributed by atoms with Crippen molar-refractivity contribution in [3.05, 3.63) is 102 Å². The van der Waals surface area contributed by atoms with Crippen LogP contribution in [0.5, 0.6) is 0 Å². The van der Waals surface area contributed by atoms with Gasteiger partial charge in [-0.1, -0.05) is 42.5 Å². The third-order valence-corrected chi connectivity index (χ3v) is 8.80. The Bertz CT molecular complexity index is 1710. The van der Waals surface area contributed by atoms with Gasteiger partial charge in [0.05, 0.1) is 17.6 Å². The van der Waals surface area contributed by atoms with E-state index in [1.165, 1.54) is 30.0 Å². The molecule has 0 bridgehead atoms. The molecule has 1 aliphatic carbocycles. The summed E-state index contributed by atoms with van der Waals surface area (Å²) in [6, 6.07) is 18.5. The average molecular weight is 651 g/mol. The number of urea groups is 1. The van der Waals surface area contributed by atoms with Crippen LogP contribution in [-0.2, 0) is 6.18 Å². The van der Waals surface area contributed by atoms with Crippen molar-refractivity contribution in [3.8, 4) is 0 Å². The van der Waals surface area contributed by atoms with Crippen molar-refractivity contribution in [2.24, 2.45) is 0 Å². The van der Waals surface area contributed by atoms with E-state index in [4.69, 9.17) is 4.42 Å². The summed E-state index contributed by atoms with van der Waals surface area (Å²) in [5.41, 5.74) is 0.144. The summed E-state index contributed by atoms with van der Waals surface area (Å²) in [7, 11) is 0. The molecule has 2 N–H and O–H groups in total. The molecule has 246 valence electrons. The maximum Gasteiger partial charge on any atom is 0.437 e. The number of nitrogens with one attached hydrogen (secondary N) is 2. The van der Waals surface area contributed by atoms with Crippen LogP contribution in [0.4, 0.5) is 39.5 Å². The van der Waals surface area contributed by atoms with Gasteiger partial charge < -0.3 is 24.9 Å². The van der Waals surface area contributed by atoms with Gasteiger partial charge >= 0.3 is 12.2 Å². The summed E-state index contributed by atoms with van der Waals surface area (Å²) in [5, 5.41) is 5.06. The highest BCUT2D eigenvalue weighted by atomic mass is 19.4. The van der Waals surface area contributed by atoms with Crippen molar-refractivity contribution in [1.82, 2.24) is 14.9 Å². The number of pyridine rings is 1. The molecule has 1 saturated heterocycles. The summed E-state index contributed by atoms with van der Waals surface area (Å²) in [6.45, 7) is 3.09. The Labute approximate surface area is 269 Å². The van der Waals surface area contributed by atoms with E-state index in [-0.39, 0.29) is 29.2 Å². The Balaban J connectivity index is 1.07. The monoisotopic (exact) mass is 650 g/mol. The lowest BCUT2D eigenvalue weighted by molar-refractivity contribution is -0.141. The fourth-order valence-corrected chi connectivity index (χ4v) is 6.31. The number of amides is 3. The minimum absolute atomic E-state index is 0.0710. The lowest BCUT2D eigenvalue weighted by Crippen LogP contribution is -2.55. The number of hydrogen-bond acceptors (Lipinski definition) is 6. The summed E-state index contributed by atoms with van der Waals surface area (Å²) in [5.74, 6) is -1.96. The molecule has 2 aromatic heterocycles. The van der Waals surface area contributed by atoms with Crippen LogP contribution in [0.25, 0.3) is 0 Å². The van der Waals surface area contributed by atoms with Crippen molar-refractivity contribution >= 4 is 29.1 Å². The van der Waals surface area contributed by atoms with Crippen LogP contribution >= 0.6 is 0 Å². The second-order valence-electron chi connectivity index (χ2n) is 11.9. The summed E-state index contributed by atoms with van der Waals surface area (Å²) in [4.78, 5) is 37.5. The average Bonchev–Trinajstić information content (AvgIpc) is 3.54. The van der Waals surface area contributed by atoms with Crippen LogP contribution in [0.15, 0.2) is 77.3 Å². The molecule has 47 heavy (non-hydrogen) atoms. The predicted octanol–water partition coefficient (Wildman–Crippen LogP) is 7.66. The fraction of sp³-hybridized carbons (Fsp3) is 0.353. The van der Waals surface area contributed by atoms with Crippen LogP contribution < -0.4 is 15.5 Å². The fourth-order valence-electron chi connectivity index (χ4n) is 6.31. The number of carbonyl (C=O) groups is 2. The van der Waals surface area contributed by atoms with Crippen molar-refractivity contribution in [1.29, 1.82) is 0 Å². The first-order valence-electron chi connectivity index (χ1n) is 15.5. The van der Waals surface area contributed by atoms with E-state index in [1.54, 1.807) is 23.1 Å². The zero-order chi connectivity index (χ0) is 33.1. The van der Waals surface area contributed by atoms with Crippen molar-refractivity contribution in [2.45, 2.75) is 56.7 Å². The number of alkyl halides is 3. The maximum absolute atomic E-state index is 14.0. The molecule has 6 rings (SSSR count).